The van der Waals surface area contributed by atoms with E-state index in [-0.39, 0.29) is 0 Å². The molecule has 7 aliphatic carbocycles. The molecule has 7 atom stereocenters. The van der Waals surface area contributed by atoms with Crippen LogP contribution < -0.4 is 0 Å². The van der Waals surface area contributed by atoms with E-state index in [1.54, 1.807) is 39.0 Å². The Morgan fingerprint density at radius 1 is 0.720 bits per heavy atom. The first-order valence-electron chi connectivity index (χ1n) is 34.7. The van der Waals surface area contributed by atoms with Crippen molar-refractivity contribution < 1.29 is 0 Å². The van der Waals surface area contributed by atoms with Crippen molar-refractivity contribution in [3.8, 4) is 11.8 Å². The second-order valence-electron chi connectivity index (χ2n) is 26.1. The maximum atomic E-state index is 4.35. The van der Waals surface area contributed by atoms with Crippen molar-refractivity contribution in [2.75, 3.05) is 0 Å². The first-order chi connectivity index (χ1) is 39.7. The van der Waals surface area contributed by atoms with Gasteiger partial charge in [-0.1, -0.05) is 246 Å². The molecule has 0 heteroatoms. The summed E-state index contributed by atoms with van der Waals surface area (Å²) in [5.41, 5.74) is 19.8. The van der Waals surface area contributed by atoms with Crippen LogP contribution in [0.25, 0.3) is 0 Å². The third-order valence-electron chi connectivity index (χ3n) is 18.8. The molecule has 0 heterocycles. The zero-order valence-electron chi connectivity index (χ0n) is 56.2. The Labute approximate surface area is 511 Å². The number of fused-ring (bicyclic) bond motifs is 1. The highest BCUT2D eigenvalue weighted by atomic mass is 14.4. The van der Waals surface area contributed by atoms with Crippen molar-refractivity contribution in [1.29, 1.82) is 0 Å². The molecular formula is C82H128. The highest BCUT2D eigenvalue weighted by molar-refractivity contribution is 5.63. The van der Waals surface area contributed by atoms with Gasteiger partial charge in [-0.2, -0.15) is 0 Å². The average Bonchev–Trinajstić information content (AvgIpc) is 4.03. The number of rotatable bonds is 23. The summed E-state index contributed by atoms with van der Waals surface area (Å²) in [6.07, 6.45) is 66.4. The molecule has 7 rings (SSSR count). The van der Waals surface area contributed by atoms with Gasteiger partial charge in [-0.25, -0.2) is 0 Å². The van der Waals surface area contributed by atoms with E-state index in [0.717, 1.165) is 29.7 Å². The van der Waals surface area contributed by atoms with Crippen LogP contribution in [0.2, 0.25) is 0 Å². The Morgan fingerprint density at radius 2 is 1.46 bits per heavy atom. The second kappa shape index (κ2) is 41.9. The van der Waals surface area contributed by atoms with Crippen LogP contribution in [0.5, 0.6) is 0 Å². The zero-order chi connectivity index (χ0) is 60.2. The minimum Gasteiger partial charge on any atom is -0.102 e. The van der Waals surface area contributed by atoms with Gasteiger partial charge in [-0.3, -0.25) is 0 Å². The monoisotopic (exact) mass is 1110 g/mol. The molecule has 0 nitrogen and oxygen atoms in total. The summed E-state index contributed by atoms with van der Waals surface area (Å²) in [5.74, 6) is 12.4. The average molecular weight is 1110 g/mol. The van der Waals surface area contributed by atoms with Crippen molar-refractivity contribution in [1.82, 2.24) is 0 Å². The fraction of sp³-hybridized carbons (Fsp3) is 0.634. The lowest BCUT2D eigenvalue weighted by molar-refractivity contribution is 0.418. The van der Waals surface area contributed by atoms with Gasteiger partial charge in [0.1, 0.15) is 0 Å². The molecule has 7 unspecified atom stereocenters. The second-order valence-corrected chi connectivity index (χ2v) is 26.1. The van der Waals surface area contributed by atoms with Crippen LogP contribution in [0.3, 0.4) is 0 Å². The van der Waals surface area contributed by atoms with Gasteiger partial charge < -0.3 is 0 Å². The van der Waals surface area contributed by atoms with Crippen LogP contribution in [0.1, 0.15) is 289 Å². The third kappa shape index (κ3) is 24.9. The van der Waals surface area contributed by atoms with Gasteiger partial charge in [0, 0.05) is 18.3 Å². The molecular weight excluding hydrogens is 985 g/mol. The van der Waals surface area contributed by atoms with Crippen molar-refractivity contribution in [3.05, 3.63) is 166 Å². The van der Waals surface area contributed by atoms with Crippen molar-refractivity contribution in [2.45, 2.75) is 289 Å². The van der Waals surface area contributed by atoms with Gasteiger partial charge in [0.25, 0.3) is 0 Å². The van der Waals surface area contributed by atoms with Crippen molar-refractivity contribution >= 4 is 0 Å². The summed E-state index contributed by atoms with van der Waals surface area (Å²) in [5, 5.41) is 0. The summed E-state index contributed by atoms with van der Waals surface area (Å²) < 4.78 is 0. The van der Waals surface area contributed by atoms with Gasteiger partial charge >= 0.3 is 0 Å². The van der Waals surface area contributed by atoms with Crippen LogP contribution in [-0.2, 0) is 0 Å². The fourth-order valence-electron chi connectivity index (χ4n) is 14.2. The molecule has 0 aromatic heterocycles. The number of unbranched alkanes of at least 4 members (excludes halogenated alkanes) is 4. The maximum Gasteiger partial charge on any atom is 0.0448 e. The Balaban J connectivity index is 0.000000293. The van der Waals surface area contributed by atoms with Crippen LogP contribution in [0.4, 0.5) is 0 Å². The van der Waals surface area contributed by atoms with Crippen LogP contribution in [0, 0.1) is 59.2 Å². The molecule has 0 amide bonds. The lowest BCUT2D eigenvalue weighted by atomic mass is 9.63. The van der Waals surface area contributed by atoms with Crippen LogP contribution >= 0.6 is 0 Å². The first kappa shape index (κ1) is 72.2. The summed E-state index contributed by atoms with van der Waals surface area (Å²) in [7, 11) is 0. The van der Waals surface area contributed by atoms with E-state index < -0.39 is 0 Å². The van der Waals surface area contributed by atoms with Crippen molar-refractivity contribution in [2.24, 2.45) is 47.3 Å². The van der Waals surface area contributed by atoms with E-state index in [1.165, 1.54) is 220 Å². The van der Waals surface area contributed by atoms with E-state index in [9.17, 15) is 0 Å². The Morgan fingerprint density at radius 3 is 2.05 bits per heavy atom. The Kier molecular flexibility index (Phi) is 36.8. The van der Waals surface area contributed by atoms with Crippen LogP contribution in [0.15, 0.2) is 166 Å². The molecule has 456 valence electrons. The van der Waals surface area contributed by atoms with Gasteiger partial charge in [0.2, 0.25) is 0 Å². The number of hydrogen-bond acceptors (Lipinski definition) is 0. The zero-order valence-corrected chi connectivity index (χ0v) is 56.2. The standard InChI is InChI=1S/C28H36.C19H28.C19H34.C14H24.C2H6/c1-4-11-24-23(5-2)27(21-12-7-6-8-13-21)25-14-9-10-15-26(25)28(24)22-18-16-20(3)17-19-22;1-6-10-17(12-9-11-15(2)3)19-14-8-7-13-18(19)16(4)5;1-5-7-8-12-19(6-2)17(4)10-9-11-18-14-13-16(3)15-18;1-4-5-6-7-13-8-10-14(11-9-13)12(2)3;1-2/h5,9,12,14,16,18,23-24H,2,4,6-8,10-11,13,15,17,19H2,1,3H3;6,10,13,16-17,19H,2,7-8,11,14H2,1,3-5H3;6,16,18H,4-5,7-15H2,1-3H3;10,13H,2,4-9,11H2,1,3H3;1-2H3/b;10-6-;19-6+;;. The van der Waals surface area contributed by atoms with Gasteiger partial charge in [0.15, 0.2) is 0 Å². The molecule has 0 aromatic rings. The Bertz CT molecular complexity index is 2340. The smallest absolute Gasteiger partial charge is 0.0448 e. The quantitative estimate of drug-likeness (QED) is 0.0414. The lowest BCUT2D eigenvalue weighted by Crippen LogP contribution is -2.28. The topological polar surface area (TPSA) is 0 Å². The lowest BCUT2D eigenvalue weighted by Gasteiger charge is -2.41. The van der Waals surface area contributed by atoms with E-state index in [1.807, 2.05) is 20.8 Å². The van der Waals surface area contributed by atoms with Gasteiger partial charge in [0.05, 0.1) is 0 Å². The Hall–Kier alpha value is -4.08. The van der Waals surface area contributed by atoms with E-state index in [0.29, 0.717) is 29.6 Å². The first-order valence-corrected chi connectivity index (χ1v) is 34.7. The highest BCUT2D eigenvalue weighted by Gasteiger charge is 2.38. The highest BCUT2D eigenvalue weighted by Crippen LogP contribution is 2.52. The number of allylic oxidation sites excluding steroid dienone is 24. The normalized spacial score (nSPS) is 23.7. The molecule has 0 saturated heterocycles. The third-order valence-corrected chi connectivity index (χ3v) is 18.8. The van der Waals surface area contributed by atoms with E-state index in [4.69, 9.17) is 0 Å². The van der Waals surface area contributed by atoms with E-state index in [2.05, 4.69) is 174 Å². The minimum absolute atomic E-state index is 0.373. The van der Waals surface area contributed by atoms with Gasteiger partial charge in [-0.05, 0) is 243 Å². The molecule has 0 aromatic carbocycles. The predicted molar refractivity (Wildman–Crippen MR) is 371 cm³/mol. The molecule has 0 radical (unpaired) electrons. The molecule has 82 heavy (non-hydrogen) atoms. The number of hydrogen-bond donors (Lipinski definition) is 0. The summed E-state index contributed by atoms with van der Waals surface area (Å²) >= 11 is 0. The molecule has 7 aliphatic rings. The summed E-state index contributed by atoms with van der Waals surface area (Å²) in [6.45, 7) is 45.2. The minimum atomic E-state index is 0.373. The molecule has 1 saturated carbocycles. The summed E-state index contributed by atoms with van der Waals surface area (Å²) in [4.78, 5) is 0. The maximum absolute atomic E-state index is 4.35. The van der Waals surface area contributed by atoms with Crippen LogP contribution in [-0.4, -0.2) is 0 Å². The molecule has 1 fully saturated rings. The predicted octanol–water partition coefficient (Wildman–Crippen LogP) is 26.4. The molecule has 0 spiro atoms. The molecule has 0 bridgehead atoms. The SMILES string of the molecule is C=C(C)C1=CCC(CCCCC)CC1.C=C(C)CC#CC(/C=C\C)C1CCCC=C1C(C)C.C=C(CCCC1CCC(C)C1)/C(=C/C)CCCCC.C=CC1C(C2=CCCCC2)=C2C=CCCC2=C(C2=CC=C(C)CC2)C1CCC.CC. The van der Waals surface area contributed by atoms with E-state index >= 15 is 0 Å². The van der Waals surface area contributed by atoms with Gasteiger partial charge in [-0.15, -0.1) is 6.58 Å². The molecule has 0 aliphatic heterocycles. The fourth-order valence-corrected chi connectivity index (χ4v) is 14.2. The largest absolute Gasteiger partial charge is 0.102 e. The van der Waals surface area contributed by atoms with Crippen molar-refractivity contribution in [3.63, 3.8) is 0 Å². The molecule has 0 N–H and O–H groups in total. The summed E-state index contributed by atoms with van der Waals surface area (Å²) in [6, 6.07) is 0.